The van der Waals surface area contributed by atoms with Crippen molar-refractivity contribution in [1.82, 2.24) is 4.90 Å². The zero-order chi connectivity index (χ0) is 15.5. The summed E-state index contributed by atoms with van der Waals surface area (Å²) in [5.74, 6) is 3.25. The smallest absolute Gasteiger partial charge is 0.177 e. The molecule has 4 atom stereocenters. The van der Waals surface area contributed by atoms with E-state index in [0.29, 0.717) is 23.9 Å². The van der Waals surface area contributed by atoms with E-state index in [9.17, 15) is 0 Å². The van der Waals surface area contributed by atoms with Gasteiger partial charge in [-0.25, -0.2) is 0 Å². The summed E-state index contributed by atoms with van der Waals surface area (Å²) in [5.41, 5.74) is 1.34. The Labute approximate surface area is 137 Å². The molecule has 4 heteroatoms. The van der Waals surface area contributed by atoms with Gasteiger partial charge in [-0.2, -0.15) is 0 Å². The molecule has 1 aromatic rings. The van der Waals surface area contributed by atoms with E-state index in [1.807, 2.05) is 18.3 Å². The zero-order valence-corrected chi connectivity index (χ0v) is 13.5. The molecular weight excluding hydrogens is 296 g/mol. The van der Waals surface area contributed by atoms with Crippen LogP contribution in [0.5, 0.6) is 0 Å². The van der Waals surface area contributed by atoms with Gasteiger partial charge in [0.25, 0.3) is 0 Å². The Hall–Kier alpha value is -1.50. The summed E-state index contributed by atoms with van der Waals surface area (Å²) in [4.78, 5) is 7.63. The number of hydrogen-bond acceptors (Lipinski definition) is 3. The normalized spacial score (nSPS) is 31.3. The van der Waals surface area contributed by atoms with Gasteiger partial charge in [-0.05, 0) is 49.9 Å². The Morgan fingerprint density at radius 2 is 2.18 bits per heavy atom. The van der Waals surface area contributed by atoms with Gasteiger partial charge in [-0.15, -0.1) is 6.42 Å². The number of rotatable bonds is 4. The third-order valence-electron chi connectivity index (χ3n) is 5.08. The number of terminal acetylenes is 1. The maximum Gasteiger partial charge on any atom is 0.177 e. The molecule has 116 valence electrons. The van der Waals surface area contributed by atoms with Crippen LogP contribution in [-0.2, 0) is 4.84 Å². The first-order valence-corrected chi connectivity index (χ1v) is 8.15. The maximum absolute atomic E-state index is 6.02. The third kappa shape index (κ3) is 2.99. The first-order chi connectivity index (χ1) is 10.7. The molecule has 1 aromatic carbocycles. The molecule has 1 unspecified atom stereocenters. The Balaban J connectivity index is 1.84. The van der Waals surface area contributed by atoms with Crippen LogP contribution in [0.2, 0.25) is 5.02 Å². The molecule has 2 heterocycles. The summed E-state index contributed by atoms with van der Waals surface area (Å²) < 4.78 is 0. The monoisotopic (exact) mass is 316 g/mol. The highest BCUT2D eigenvalue weighted by atomic mass is 35.5. The van der Waals surface area contributed by atoms with E-state index in [2.05, 4.69) is 35.2 Å². The Kier molecular flexibility index (Phi) is 4.71. The lowest BCUT2D eigenvalue weighted by Crippen LogP contribution is -2.46. The second-order valence-electron chi connectivity index (χ2n) is 6.17. The van der Waals surface area contributed by atoms with Crippen molar-refractivity contribution in [2.75, 3.05) is 13.7 Å². The predicted octanol–water partition coefficient (Wildman–Crippen LogP) is 3.54. The second kappa shape index (κ2) is 6.73. The van der Waals surface area contributed by atoms with Crippen LogP contribution >= 0.6 is 11.6 Å². The SMILES string of the molecule is C#CCO/N=C/[C@@H]1[C@@H](c2ccc(Cl)cc2)CC2CC[C@H]1N2C. The topological polar surface area (TPSA) is 24.8 Å². The van der Waals surface area contributed by atoms with Crippen molar-refractivity contribution in [1.29, 1.82) is 0 Å². The molecule has 3 rings (SSSR count). The van der Waals surface area contributed by atoms with Crippen LogP contribution in [0.4, 0.5) is 0 Å². The first kappa shape index (κ1) is 15.4. The summed E-state index contributed by atoms with van der Waals surface area (Å²) in [7, 11) is 2.23. The van der Waals surface area contributed by atoms with Gasteiger partial charge in [-0.1, -0.05) is 34.8 Å². The molecule has 0 N–H and O–H groups in total. The van der Waals surface area contributed by atoms with E-state index in [0.717, 1.165) is 11.4 Å². The molecule has 2 bridgehead atoms. The fraction of sp³-hybridized carbons (Fsp3) is 0.500. The summed E-state index contributed by atoms with van der Waals surface area (Å²) in [6, 6.07) is 9.42. The van der Waals surface area contributed by atoms with E-state index in [4.69, 9.17) is 22.9 Å². The van der Waals surface area contributed by atoms with Gasteiger partial charge in [0.2, 0.25) is 0 Å². The minimum absolute atomic E-state index is 0.220. The van der Waals surface area contributed by atoms with Crippen molar-refractivity contribution in [3.63, 3.8) is 0 Å². The van der Waals surface area contributed by atoms with Gasteiger partial charge in [-0.3, -0.25) is 4.90 Å². The second-order valence-corrected chi connectivity index (χ2v) is 6.60. The molecule has 2 saturated heterocycles. The van der Waals surface area contributed by atoms with E-state index in [1.165, 1.54) is 18.4 Å². The lowest BCUT2D eigenvalue weighted by atomic mass is 9.77. The molecule has 0 aromatic heterocycles. The number of piperidine rings is 1. The maximum atomic E-state index is 6.02. The minimum Gasteiger partial charge on any atom is -0.383 e. The lowest BCUT2D eigenvalue weighted by molar-refractivity contribution is 0.128. The largest absolute Gasteiger partial charge is 0.383 e. The highest BCUT2D eigenvalue weighted by Gasteiger charge is 2.45. The van der Waals surface area contributed by atoms with Crippen molar-refractivity contribution in [3.05, 3.63) is 34.9 Å². The van der Waals surface area contributed by atoms with Gasteiger partial charge < -0.3 is 4.84 Å². The van der Waals surface area contributed by atoms with E-state index < -0.39 is 0 Å². The molecule has 2 aliphatic rings. The molecule has 0 spiro atoms. The van der Waals surface area contributed by atoms with Crippen molar-refractivity contribution in [2.24, 2.45) is 11.1 Å². The molecular formula is C18H21ClN2O. The van der Waals surface area contributed by atoms with Gasteiger partial charge in [0.1, 0.15) is 0 Å². The van der Waals surface area contributed by atoms with E-state index in [-0.39, 0.29) is 6.61 Å². The van der Waals surface area contributed by atoms with Gasteiger partial charge >= 0.3 is 0 Å². The van der Waals surface area contributed by atoms with Crippen LogP contribution in [0.15, 0.2) is 29.4 Å². The molecule has 2 fully saturated rings. The molecule has 2 aliphatic heterocycles. The standard InChI is InChI=1S/C18H21ClN2O/c1-3-10-22-20-12-17-16(13-4-6-14(19)7-5-13)11-15-8-9-18(17)21(15)2/h1,4-7,12,15-18H,8-11H2,2H3/b20-12+/t15?,16-,17-,18-/m1/s1. The molecule has 0 saturated carbocycles. The average molecular weight is 317 g/mol. The summed E-state index contributed by atoms with van der Waals surface area (Å²) >= 11 is 6.02. The van der Waals surface area contributed by atoms with Crippen molar-refractivity contribution >= 4 is 17.8 Å². The Morgan fingerprint density at radius 3 is 2.91 bits per heavy atom. The fourth-order valence-corrected chi connectivity index (χ4v) is 4.09. The van der Waals surface area contributed by atoms with Crippen LogP contribution in [0.3, 0.4) is 0 Å². The van der Waals surface area contributed by atoms with Crippen LogP contribution in [0.1, 0.15) is 30.7 Å². The predicted molar refractivity (Wildman–Crippen MR) is 90.2 cm³/mol. The molecule has 0 radical (unpaired) electrons. The molecule has 3 nitrogen and oxygen atoms in total. The molecule has 0 aliphatic carbocycles. The number of hydrogen-bond donors (Lipinski definition) is 0. The summed E-state index contributed by atoms with van der Waals surface area (Å²) in [6.45, 7) is 0.220. The molecule has 0 amide bonds. The summed E-state index contributed by atoms with van der Waals surface area (Å²) in [6.07, 6.45) is 10.8. The number of halogens is 1. The van der Waals surface area contributed by atoms with Crippen molar-refractivity contribution in [3.8, 4) is 12.3 Å². The highest BCUT2D eigenvalue weighted by Crippen LogP contribution is 2.45. The Morgan fingerprint density at radius 1 is 1.41 bits per heavy atom. The zero-order valence-electron chi connectivity index (χ0n) is 12.8. The fourth-order valence-electron chi connectivity index (χ4n) is 3.97. The molecule has 22 heavy (non-hydrogen) atoms. The van der Waals surface area contributed by atoms with Crippen LogP contribution < -0.4 is 0 Å². The van der Waals surface area contributed by atoms with Gasteiger partial charge in [0.05, 0.1) is 0 Å². The van der Waals surface area contributed by atoms with Crippen LogP contribution in [0.25, 0.3) is 0 Å². The van der Waals surface area contributed by atoms with Crippen molar-refractivity contribution in [2.45, 2.75) is 37.3 Å². The minimum atomic E-state index is 0.220. The highest BCUT2D eigenvalue weighted by molar-refractivity contribution is 6.30. The van der Waals surface area contributed by atoms with Crippen LogP contribution in [0, 0.1) is 18.3 Å². The number of nitrogens with zero attached hydrogens (tertiary/aromatic N) is 2. The lowest BCUT2D eigenvalue weighted by Gasteiger charge is -2.41. The number of fused-ring (bicyclic) bond motifs is 2. The average Bonchev–Trinajstić information content (AvgIpc) is 2.77. The van der Waals surface area contributed by atoms with E-state index >= 15 is 0 Å². The van der Waals surface area contributed by atoms with Crippen molar-refractivity contribution < 1.29 is 4.84 Å². The first-order valence-electron chi connectivity index (χ1n) is 7.77. The third-order valence-corrected chi connectivity index (χ3v) is 5.34. The van der Waals surface area contributed by atoms with Gasteiger partial charge in [0.15, 0.2) is 6.61 Å². The number of oxime groups is 1. The quantitative estimate of drug-likeness (QED) is 0.367. The van der Waals surface area contributed by atoms with E-state index in [1.54, 1.807) is 0 Å². The summed E-state index contributed by atoms with van der Waals surface area (Å²) in [5, 5.41) is 4.89. The van der Waals surface area contributed by atoms with Crippen LogP contribution in [-0.4, -0.2) is 36.9 Å². The Bertz CT molecular complexity index is 578. The number of benzene rings is 1. The van der Waals surface area contributed by atoms with Gasteiger partial charge in [0, 0.05) is 29.2 Å².